The molecule has 2 amide bonds. The molecular formula is C18H25N3O3. The van der Waals surface area contributed by atoms with Gasteiger partial charge in [-0.05, 0) is 44.9 Å². The van der Waals surface area contributed by atoms with Crippen molar-refractivity contribution < 1.29 is 14.3 Å². The molecule has 0 aromatic heterocycles. The number of anilines is 1. The summed E-state index contributed by atoms with van der Waals surface area (Å²) in [5.41, 5.74) is 0.714. The molecule has 6 nitrogen and oxygen atoms in total. The van der Waals surface area contributed by atoms with Crippen LogP contribution in [-0.4, -0.2) is 49.5 Å². The third-order valence-corrected chi connectivity index (χ3v) is 4.55. The van der Waals surface area contributed by atoms with Gasteiger partial charge in [-0.15, -0.1) is 0 Å². The highest BCUT2D eigenvalue weighted by atomic mass is 16.5. The van der Waals surface area contributed by atoms with E-state index in [2.05, 4.69) is 10.6 Å². The van der Waals surface area contributed by atoms with Crippen molar-refractivity contribution in [2.75, 3.05) is 32.1 Å². The first-order chi connectivity index (χ1) is 11.7. The van der Waals surface area contributed by atoms with Gasteiger partial charge in [-0.25, -0.2) is 0 Å². The predicted molar refractivity (Wildman–Crippen MR) is 92.0 cm³/mol. The van der Waals surface area contributed by atoms with Crippen LogP contribution in [0.15, 0.2) is 24.3 Å². The van der Waals surface area contributed by atoms with Gasteiger partial charge >= 0.3 is 0 Å². The summed E-state index contributed by atoms with van der Waals surface area (Å²) in [6.07, 6.45) is 4.02. The summed E-state index contributed by atoms with van der Waals surface area (Å²) < 4.78 is 5.64. The molecule has 1 saturated heterocycles. The number of ether oxygens (including phenoxy) is 1. The fourth-order valence-electron chi connectivity index (χ4n) is 3.09. The zero-order valence-corrected chi connectivity index (χ0v) is 14.1. The molecule has 1 heterocycles. The van der Waals surface area contributed by atoms with Crippen molar-refractivity contribution in [1.82, 2.24) is 10.2 Å². The maximum atomic E-state index is 12.4. The maximum absolute atomic E-state index is 12.4. The molecule has 0 radical (unpaired) electrons. The van der Waals surface area contributed by atoms with E-state index in [1.807, 2.05) is 24.1 Å². The van der Waals surface area contributed by atoms with Gasteiger partial charge in [0.1, 0.15) is 5.75 Å². The molecule has 2 fully saturated rings. The number of likely N-dealkylation sites (N-methyl/N-ethyl adjacent to an activating group) is 1. The van der Waals surface area contributed by atoms with Crippen molar-refractivity contribution in [2.24, 2.45) is 5.92 Å². The number of carbonyl (C=O) groups is 2. The van der Waals surface area contributed by atoms with E-state index in [0.717, 1.165) is 38.8 Å². The lowest BCUT2D eigenvalue weighted by molar-refractivity contribution is -0.134. The van der Waals surface area contributed by atoms with Gasteiger partial charge in [0.05, 0.1) is 0 Å². The minimum atomic E-state index is 0.0140. The van der Waals surface area contributed by atoms with Gasteiger partial charge in [0, 0.05) is 36.8 Å². The quantitative estimate of drug-likeness (QED) is 0.797. The molecule has 3 rings (SSSR count). The predicted octanol–water partition coefficient (Wildman–Crippen LogP) is 1.62. The molecule has 1 aliphatic heterocycles. The number of benzene rings is 1. The number of hydrogen-bond acceptors (Lipinski definition) is 4. The summed E-state index contributed by atoms with van der Waals surface area (Å²) in [6, 6.07) is 7.48. The van der Waals surface area contributed by atoms with Gasteiger partial charge < -0.3 is 20.3 Å². The van der Waals surface area contributed by atoms with Crippen molar-refractivity contribution in [3.63, 3.8) is 0 Å². The Kier molecular flexibility index (Phi) is 5.35. The third kappa shape index (κ3) is 4.26. The van der Waals surface area contributed by atoms with Crippen LogP contribution < -0.4 is 15.4 Å². The fourth-order valence-corrected chi connectivity index (χ4v) is 3.09. The van der Waals surface area contributed by atoms with Crippen LogP contribution in [0.1, 0.15) is 25.7 Å². The van der Waals surface area contributed by atoms with Gasteiger partial charge in [-0.1, -0.05) is 6.07 Å². The lowest BCUT2D eigenvalue weighted by Crippen LogP contribution is -2.43. The van der Waals surface area contributed by atoms with Crippen LogP contribution in [-0.2, 0) is 9.59 Å². The zero-order valence-electron chi connectivity index (χ0n) is 14.1. The molecule has 1 aromatic carbocycles. The molecule has 24 heavy (non-hydrogen) atoms. The summed E-state index contributed by atoms with van der Waals surface area (Å²) in [7, 11) is 1.90. The number of nitrogens with one attached hydrogen (secondary N) is 2. The Morgan fingerprint density at radius 1 is 1.29 bits per heavy atom. The average Bonchev–Trinajstić information content (AvgIpc) is 3.33. The van der Waals surface area contributed by atoms with Crippen molar-refractivity contribution in [2.45, 2.75) is 31.7 Å². The van der Waals surface area contributed by atoms with E-state index in [4.69, 9.17) is 4.74 Å². The molecule has 1 aromatic rings. The molecule has 130 valence electrons. The first-order valence-electron chi connectivity index (χ1n) is 8.65. The average molecular weight is 331 g/mol. The third-order valence-electron chi connectivity index (χ3n) is 4.55. The van der Waals surface area contributed by atoms with E-state index < -0.39 is 0 Å². The van der Waals surface area contributed by atoms with E-state index in [9.17, 15) is 9.59 Å². The SMILES string of the molecule is CNCC1CCCN1C(=O)COc1cccc(NC(=O)C2CC2)c1. The first kappa shape index (κ1) is 16.8. The standard InChI is InChI=1S/C18H25N3O3/c1-19-11-15-5-3-9-21(15)17(22)12-24-16-6-2-4-14(10-16)20-18(23)13-7-8-13/h2,4,6,10,13,15,19H,3,5,7-9,11-12H2,1H3,(H,20,23). The highest BCUT2D eigenvalue weighted by Crippen LogP contribution is 2.30. The Balaban J connectivity index is 1.52. The monoisotopic (exact) mass is 331 g/mol. The van der Waals surface area contributed by atoms with Gasteiger partial charge in [-0.2, -0.15) is 0 Å². The first-order valence-corrected chi connectivity index (χ1v) is 8.65. The van der Waals surface area contributed by atoms with Crippen molar-refractivity contribution in [1.29, 1.82) is 0 Å². The van der Waals surface area contributed by atoms with E-state index in [1.165, 1.54) is 0 Å². The number of carbonyl (C=O) groups excluding carboxylic acids is 2. The van der Waals surface area contributed by atoms with Gasteiger partial charge in [0.25, 0.3) is 5.91 Å². The number of likely N-dealkylation sites (tertiary alicyclic amines) is 1. The molecule has 1 unspecified atom stereocenters. The lowest BCUT2D eigenvalue weighted by atomic mass is 10.2. The molecule has 1 aliphatic carbocycles. The Labute approximate surface area is 142 Å². The van der Waals surface area contributed by atoms with Crippen LogP contribution in [0.3, 0.4) is 0 Å². The fraction of sp³-hybridized carbons (Fsp3) is 0.556. The molecule has 1 saturated carbocycles. The molecule has 0 spiro atoms. The normalized spacial score (nSPS) is 20.0. The van der Waals surface area contributed by atoms with Crippen molar-refractivity contribution in [3.05, 3.63) is 24.3 Å². The number of rotatable bonds is 7. The molecular weight excluding hydrogens is 306 g/mol. The molecule has 6 heteroatoms. The summed E-state index contributed by atoms with van der Waals surface area (Å²) in [4.78, 5) is 26.1. The van der Waals surface area contributed by atoms with Gasteiger partial charge in [0.2, 0.25) is 5.91 Å². The van der Waals surface area contributed by atoms with Crippen LogP contribution >= 0.6 is 0 Å². The van der Waals surface area contributed by atoms with Crippen LogP contribution in [0, 0.1) is 5.92 Å². The number of amides is 2. The van der Waals surface area contributed by atoms with Crippen LogP contribution in [0.4, 0.5) is 5.69 Å². The number of hydrogen-bond donors (Lipinski definition) is 2. The second kappa shape index (κ2) is 7.66. The Bertz CT molecular complexity index is 601. The van der Waals surface area contributed by atoms with E-state index in [-0.39, 0.29) is 30.4 Å². The van der Waals surface area contributed by atoms with Crippen molar-refractivity contribution >= 4 is 17.5 Å². The topological polar surface area (TPSA) is 70.7 Å². The molecule has 0 bridgehead atoms. The summed E-state index contributed by atoms with van der Waals surface area (Å²) in [6.45, 7) is 1.64. The smallest absolute Gasteiger partial charge is 0.260 e. The van der Waals surface area contributed by atoms with E-state index in [0.29, 0.717) is 11.4 Å². The zero-order chi connectivity index (χ0) is 16.9. The molecule has 1 atom stereocenters. The Morgan fingerprint density at radius 3 is 2.88 bits per heavy atom. The molecule has 2 N–H and O–H groups in total. The highest BCUT2D eigenvalue weighted by Gasteiger charge is 2.30. The second-order valence-electron chi connectivity index (χ2n) is 6.52. The molecule has 2 aliphatic rings. The minimum Gasteiger partial charge on any atom is -0.484 e. The lowest BCUT2D eigenvalue weighted by Gasteiger charge is -2.24. The Morgan fingerprint density at radius 2 is 2.12 bits per heavy atom. The maximum Gasteiger partial charge on any atom is 0.260 e. The highest BCUT2D eigenvalue weighted by molar-refractivity contribution is 5.94. The van der Waals surface area contributed by atoms with Gasteiger partial charge in [-0.3, -0.25) is 9.59 Å². The van der Waals surface area contributed by atoms with E-state index >= 15 is 0 Å². The van der Waals surface area contributed by atoms with Crippen LogP contribution in [0.2, 0.25) is 0 Å². The largest absolute Gasteiger partial charge is 0.484 e. The van der Waals surface area contributed by atoms with Gasteiger partial charge in [0.15, 0.2) is 6.61 Å². The summed E-state index contributed by atoms with van der Waals surface area (Å²) in [5, 5.41) is 6.02. The van der Waals surface area contributed by atoms with Crippen molar-refractivity contribution in [3.8, 4) is 5.75 Å². The Hall–Kier alpha value is -2.08. The van der Waals surface area contributed by atoms with Crippen LogP contribution in [0.25, 0.3) is 0 Å². The summed E-state index contributed by atoms with van der Waals surface area (Å²) >= 11 is 0. The minimum absolute atomic E-state index is 0.0140. The number of nitrogens with zero attached hydrogens (tertiary/aromatic N) is 1. The van der Waals surface area contributed by atoms with E-state index in [1.54, 1.807) is 12.1 Å². The second-order valence-corrected chi connectivity index (χ2v) is 6.52. The van der Waals surface area contributed by atoms with Crippen LogP contribution in [0.5, 0.6) is 5.75 Å². The summed E-state index contributed by atoms with van der Waals surface area (Å²) in [5.74, 6) is 0.840.